The highest BCUT2D eigenvalue weighted by atomic mass is 16.3. The third kappa shape index (κ3) is 6.55. The summed E-state index contributed by atoms with van der Waals surface area (Å²) < 4.78 is 0. The fraction of sp³-hybridized carbons (Fsp3) is 0.900. The van der Waals surface area contributed by atoms with E-state index >= 15 is 0 Å². The highest BCUT2D eigenvalue weighted by Crippen LogP contribution is 2.42. The van der Waals surface area contributed by atoms with Crippen LogP contribution in [0.25, 0.3) is 0 Å². The predicted octanol–water partition coefficient (Wildman–Crippen LogP) is 6.12. The third-order valence-corrected chi connectivity index (χ3v) is 5.59. The number of hydrogen-bond donors (Lipinski definition) is 1. The van der Waals surface area contributed by atoms with Crippen LogP contribution in [0.5, 0.6) is 0 Å². The van der Waals surface area contributed by atoms with E-state index in [1.54, 1.807) is 11.1 Å². The summed E-state index contributed by atoms with van der Waals surface area (Å²) in [5, 5.41) is 8.94. The van der Waals surface area contributed by atoms with Crippen LogP contribution < -0.4 is 0 Å². The summed E-state index contributed by atoms with van der Waals surface area (Å²) in [6.07, 6.45) is 11.6. The topological polar surface area (TPSA) is 20.2 Å². The number of hydrogen-bond acceptors (Lipinski definition) is 1. The number of aliphatic hydroxyl groups is 1. The van der Waals surface area contributed by atoms with E-state index < -0.39 is 0 Å². The minimum Gasteiger partial charge on any atom is -0.396 e. The van der Waals surface area contributed by atoms with Gasteiger partial charge in [-0.2, -0.15) is 0 Å². The van der Waals surface area contributed by atoms with Crippen LogP contribution in [0.15, 0.2) is 11.1 Å². The van der Waals surface area contributed by atoms with Gasteiger partial charge in [0.05, 0.1) is 0 Å². The molecule has 2 atom stereocenters. The Hall–Kier alpha value is -0.300. The summed E-state index contributed by atoms with van der Waals surface area (Å²) in [5.74, 6) is 1.52. The highest BCUT2D eigenvalue weighted by molar-refractivity contribution is 5.22. The van der Waals surface area contributed by atoms with E-state index in [2.05, 4.69) is 34.6 Å². The Labute approximate surface area is 133 Å². The third-order valence-electron chi connectivity index (χ3n) is 5.59. The van der Waals surface area contributed by atoms with Crippen molar-refractivity contribution in [2.45, 2.75) is 92.4 Å². The molecule has 0 aromatic carbocycles. The molecule has 1 rings (SSSR count). The molecule has 0 amide bonds. The maximum Gasteiger partial charge on any atom is 0.0433 e. The van der Waals surface area contributed by atoms with Crippen molar-refractivity contribution in [3.63, 3.8) is 0 Å². The van der Waals surface area contributed by atoms with Crippen molar-refractivity contribution in [1.82, 2.24) is 0 Å². The van der Waals surface area contributed by atoms with Gasteiger partial charge in [-0.25, -0.2) is 0 Å². The van der Waals surface area contributed by atoms with Crippen LogP contribution in [0.4, 0.5) is 0 Å². The molecular formula is C20H38O. The fourth-order valence-corrected chi connectivity index (χ4v) is 3.94. The Bertz CT molecular complexity index is 327. The zero-order valence-corrected chi connectivity index (χ0v) is 15.2. The van der Waals surface area contributed by atoms with Gasteiger partial charge < -0.3 is 5.11 Å². The van der Waals surface area contributed by atoms with Gasteiger partial charge in [-0.05, 0) is 62.7 Å². The molecule has 21 heavy (non-hydrogen) atoms. The number of rotatable bonds is 9. The molecule has 0 fully saturated rings. The Balaban J connectivity index is 2.31. The minimum absolute atomic E-state index is 0.346. The molecule has 1 heteroatoms. The lowest BCUT2D eigenvalue weighted by Gasteiger charge is -2.35. The van der Waals surface area contributed by atoms with E-state index in [4.69, 9.17) is 5.11 Å². The first-order valence-corrected chi connectivity index (χ1v) is 9.16. The van der Waals surface area contributed by atoms with Gasteiger partial charge in [0.15, 0.2) is 0 Å². The zero-order valence-electron chi connectivity index (χ0n) is 15.2. The van der Waals surface area contributed by atoms with Gasteiger partial charge >= 0.3 is 0 Å². The van der Waals surface area contributed by atoms with Crippen LogP contribution in [0.2, 0.25) is 0 Å². The largest absolute Gasteiger partial charge is 0.396 e. The SMILES string of the molecule is CC1=C(CCC(C)CCCC(C)CCO)C(C)(C)CCC1. The lowest BCUT2D eigenvalue weighted by atomic mass is 9.70. The standard InChI is InChI=1S/C20H38O/c1-16(8-6-9-17(2)13-15-21)11-12-19-18(3)10-7-14-20(19,4)5/h16-17,21H,6-15H2,1-5H3. The molecule has 0 radical (unpaired) electrons. The van der Waals surface area contributed by atoms with Crippen LogP contribution in [0, 0.1) is 17.3 Å². The monoisotopic (exact) mass is 294 g/mol. The summed E-state index contributed by atoms with van der Waals surface area (Å²) in [7, 11) is 0. The molecule has 0 aromatic heterocycles. The molecule has 0 saturated carbocycles. The van der Waals surface area contributed by atoms with Gasteiger partial charge in [-0.1, -0.05) is 58.1 Å². The molecule has 1 N–H and O–H groups in total. The summed E-state index contributed by atoms with van der Waals surface area (Å²) in [6, 6.07) is 0. The molecule has 1 aliphatic rings. The normalized spacial score (nSPS) is 21.4. The first-order chi connectivity index (χ1) is 9.86. The van der Waals surface area contributed by atoms with E-state index in [0.717, 1.165) is 12.3 Å². The Morgan fingerprint density at radius 2 is 1.67 bits per heavy atom. The molecule has 0 spiro atoms. The highest BCUT2D eigenvalue weighted by Gasteiger charge is 2.27. The van der Waals surface area contributed by atoms with Crippen molar-refractivity contribution in [2.24, 2.45) is 17.3 Å². The predicted molar refractivity (Wildman–Crippen MR) is 93.4 cm³/mol. The lowest BCUT2D eigenvalue weighted by molar-refractivity contribution is 0.255. The van der Waals surface area contributed by atoms with Crippen LogP contribution in [-0.4, -0.2) is 11.7 Å². The van der Waals surface area contributed by atoms with Crippen molar-refractivity contribution in [1.29, 1.82) is 0 Å². The van der Waals surface area contributed by atoms with Crippen LogP contribution in [0.1, 0.15) is 92.4 Å². The quantitative estimate of drug-likeness (QED) is 0.508. The summed E-state index contributed by atoms with van der Waals surface area (Å²) in [5.41, 5.74) is 3.88. The van der Waals surface area contributed by atoms with Crippen molar-refractivity contribution in [3.8, 4) is 0 Å². The van der Waals surface area contributed by atoms with E-state index in [-0.39, 0.29) is 0 Å². The van der Waals surface area contributed by atoms with Crippen LogP contribution in [0.3, 0.4) is 0 Å². The smallest absolute Gasteiger partial charge is 0.0433 e. The second-order valence-corrected chi connectivity index (χ2v) is 8.19. The van der Waals surface area contributed by atoms with Gasteiger partial charge in [0.25, 0.3) is 0 Å². The molecule has 0 bridgehead atoms. The Kier molecular flexibility index (Phi) is 8.02. The second-order valence-electron chi connectivity index (χ2n) is 8.19. The Morgan fingerprint density at radius 3 is 2.24 bits per heavy atom. The molecule has 0 aliphatic heterocycles. The van der Waals surface area contributed by atoms with Gasteiger partial charge in [0.2, 0.25) is 0 Å². The lowest BCUT2D eigenvalue weighted by Crippen LogP contribution is -2.20. The van der Waals surface area contributed by atoms with Gasteiger partial charge in [-0.3, -0.25) is 0 Å². The molecule has 0 aromatic rings. The van der Waals surface area contributed by atoms with Crippen molar-refractivity contribution >= 4 is 0 Å². The minimum atomic E-state index is 0.346. The molecule has 1 aliphatic carbocycles. The van der Waals surface area contributed by atoms with Gasteiger partial charge in [0.1, 0.15) is 0 Å². The Morgan fingerprint density at radius 1 is 1.05 bits per heavy atom. The molecule has 0 heterocycles. The zero-order chi connectivity index (χ0) is 15.9. The van der Waals surface area contributed by atoms with Crippen LogP contribution >= 0.6 is 0 Å². The van der Waals surface area contributed by atoms with Crippen molar-refractivity contribution in [3.05, 3.63) is 11.1 Å². The fourth-order valence-electron chi connectivity index (χ4n) is 3.94. The first kappa shape index (κ1) is 18.7. The van der Waals surface area contributed by atoms with E-state index in [9.17, 15) is 0 Å². The second kappa shape index (κ2) is 8.98. The van der Waals surface area contributed by atoms with E-state index in [1.807, 2.05) is 0 Å². The first-order valence-electron chi connectivity index (χ1n) is 9.16. The van der Waals surface area contributed by atoms with Gasteiger partial charge in [-0.15, -0.1) is 0 Å². The average molecular weight is 295 g/mol. The molecule has 2 unspecified atom stereocenters. The average Bonchev–Trinajstić information content (AvgIpc) is 2.37. The summed E-state index contributed by atoms with van der Waals surface area (Å²) in [6.45, 7) is 12.3. The summed E-state index contributed by atoms with van der Waals surface area (Å²) in [4.78, 5) is 0. The molecule has 0 saturated heterocycles. The van der Waals surface area contributed by atoms with E-state index in [0.29, 0.717) is 17.9 Å². The molecular weight excluding hydrogens is 256 g/mol. The molecule has 1 nitrogen and oxygen atoms in total. The summed E-state index contributed by atoms with van der Waals surface area (Å²) >= 11 is 0. The maximum atomic E-state index is 8.94. The van der Waals surface area contributed by atoms with Crippen molar-refractivity contribution < 1.29 is 5.11 Å². The number of aliphatic hydroxyl groups excluding tert-OH is 1. The molecule has 124 valence electrons. The van der Waals surface area contributed by atoms with Crippen molar-refractivity contribution in [2.75, 3.05) is 6.61 Å². The van der Waals surface area contributed by atoms with Crippen LogP contribution in [-0.2, 0) is 0 Å². The van der Waals surface area contributed by atoms with Gasteiger partial charge in [0, 0.05) is 6.61 Å². The maximum absolute atomic E-state index is 8.94. The number of allylic oxidation sites excluding steroid dienone is 2. The van der Waals surface area contributed by atoms with E-state index in [1.165, 1.54) is 51.4 Å².